The minimum atomic E-state index is -0.442. The van der Waals surface area contributed by atoms with Gasteiger partial charge in [-0.3, -0.25) is 0 Å². The summed E-state index contributed by atoms with van der Waals surface area (Å²) in [6, 6.07) is 7.17. The molecule has 0 amide bonds. The van der Waals surface area contributed by atoms with Crippen LogP contribution < -0.4 is 10.5 Å². The van der Waals surface area contributed by atoms with Crippen LogP contribution in [0.2, 0.25) is 0 Å². The Labute approximate surface area is 94.7 Å². The molecule has 86 valence electrons. The van der Waals surface area contributed by atoms with Crippen molar-refractivity contribution in [1.82, 2.24) is 0 Å². The van der Waals surface area contributed by atoms with Crippen molar-refractivity contribution in [1.29, 1.82) is 0 Å². The second-order valence-corrected chi connectivity index (χ2v) is 3.08. The molecule has 0 atom stereocenters. The van der Waals surface area contributed by atoms with Crippen molar-refractivity contribution < 1.29 is 14.3 Å². The van der Waals surface area contributed by atoms with Gasteiger partial charge < -0.3 is 15.2 Å². The van der Waals surface area contributed by atoms with Crippen LogP contribution in [0.1, 0.15) is 12.5 Å². The maximum atomic E-state index is 11.2. The number of hydrogen-bond acceptors (Lipinski definition) is 4. The lowest BCUT2D eigenvalue weighted by Crippen LogP contribution is -2.05. The van der Waals surface area contributed by atoms with E-state index in [9.17, 15) is 4.79 Å². The van der Waals surface area contributed by atoms with Crippen LogP contribution in [-0.2, 0) is 9.53 Å². The highest BCUT2D eigenvalue weighted by molar-refractivity contribution is 5.90. The SMILES string of the molecule is CCOC(=O)C=C(N)c1cccc(OC)c1. The Morgan fingerprint density at radius 1 is 1.50 bits per heavy atom. The lowest BCUT2D eigenvalue weighted by molar-refractivity contribution is -0.137. The molecule has 4 nitrogen and oxygen atoms in total. The van der Waals surface area contributed by atoms with Crippen LogP contribution >= 0.6 is 0 Å². The summed E-state index contributed by atoms with van der Waals surface area (Å²) in [5.74, 6) is 0.250. The average Bonchev–Trinajstić information content (AvgIpc) is 2.29. The van der Waals surface area contributed by atoms with Crippen LogP contribution in [0.15, 0.2) is 30.3 Å². The van der Waals surface area contributed by atoms with Crippen molar-refractivity contribution in [3.05, 3.63) is 35.9 Å². The number of nitrogens with two attached hydrogens (primary N) is 1. The first-order chi connectivity index (χ1) is 7.67. The molecule has 0 bridgehead atoms. The van der Waals surface area contributed by atoms with E-state index in [-0.39, 0.29) is 0 Å². The Balaban J connectivity index is 2.86. The van der Waals surface area contributed by atoms with E-state index in [0.717, 1.165) is 5.56 Å². The summed E-state index contributed by atoms with van der Waals surface area (Å²) in [5.41, 5.74) is 6.84. The van der Waals surface area contributed by atoms with E-state index in [1.165, 1.54) is 6.08 Å². The molecule has 1 rings (SSSR count). The van der Waals surface area contributed by atoms with E-state index in [2.05, 4.69) is 0 Å². The Bertz CT molecular complexity index is 399. The topological polar surface area (TPSA) is 61.5 Å². The molecule has 0 aliphatic heterocycles. The van der Waals surface area contributed by atoms with Crippen molar-refractivity contribution >= 4 is 11.7 Å². The molecule has 2 N–H and O–H groups in total. The Hall–Kier alpha value is -1.97. The van der Waals surface area contributed by atoms with E-state index < -0.39 is 5.97 Å². The van der Waals surface area contributed by atoms with Crippen LogP contribution in [0, 0.1) is 0 Å². The highest BCUT2D eigenvalue weighted by Gasteiger charge is 2.02. The maximum absolute atomic E-state index is 11.2. The minimum absolute atomic E-state index is 0.334. The van der Waals surface area contributed by atoms with Gasteiger partial charge in [0.1, 0.15) is 5.75 Å². The highest BCUT2D eigenvalue weighted by atomic mass is 16.5. The Morgan fingerprint density at radius 3 is 2.88 bits per heavy atom. The number of esters is 1. The second kappa shape index (κ2) is 5.80. The van der Waals surface area contributed by atoms with Crippen LogP contribution in [0.4, 0.5) is 0 Å². The van der Waals surface area contributed by atoms with Gasteiger partial charge in [-0.05, 0) is 19.1 Å². The van der Waals surface area contributed by atoms with E-state index in [0.29, 0.717) is 18.1 Å². The lowest BCUT2D eigenvalue weighted by Gasteiger charge is -2.04. The summed E-state index contributed by atoms with van der Waals surface area (Å²) < 4.78 is 9.82. The molecule has 0 aliphatic carbocycles. The van der Waals surface area contributed by atoms with Crippen molar-refractivity contribution in [2.24, 2.45) is 5.73 Å². The number of carbonyl (C=O) groups excluding carboxylic acids is 1. The third-order valence-electron chi connectivity index (χ3n) is 1.96. The van der Waals surface area contributed by atoms with Gasteiger partial charge in [0.05, 0.1) is 13.7 Å². The van der Waals surface area contributed by atoms with Gasteiger partial charge >= 0.3 is 5.97 Å². The first-order valence-electron chi connectivity index (χ1n) is 4.95. The molecular formula is C12H15NO3. The third kappa shape index (κ3) is 3.31. The zero-order chi connectivity index (χ0) is 12.0. The fourth-order valence-corrected chi connectivity index (χ4v) is 1.20. The van der Waals surface area contributed by atoms with Crippen LogP contribution in [-0.4, -0.2) is 19.7 Å². The molecule has 0 fully saturated rings. The number of hydrogen-bond donors (Lipinski definition) is 1. The molecule has 0 heterocycles. The first kappa shape index (κ1) is 12.1. The van der Waals surface area contributed by atoms with E-state index in [1.807, 2.05) is 0 Å². The number of ether oxygens (including phenoxy) is 2. The van der Waals surface area contributed by atoms with Gasteiger partial charge in [0.25, 0.3) is 0 Å². The number of methoxy groups -OCH3 is 1. The molecular weight excluding hydrogens is 206 g/mol. The zero-order valence-electron chi connectivity index (χ0n) is 9.40. The lowest BCUT2D eigenvalue weighted by atomic mass is 10.1. The van der Waals surface area contributed by atoms with Crippen LogP contribution in [0.3, 0.4) is 0 Å². The summed E-state index contributed by atoms with van der Waals surface area (Å²) in [6.07, 6.45) is 1.26. The van der Waals surface area contributed by atoms with Gasteiger partial charge in [-0.1, -0.05) is 12.1 Å². The number of benzene rings is 1. The molecule has 16 heavy (non-hydrogen) atoms. The van der Waals surface area contributed by atoms with Crippen molar-refractivity contribution in [2.75, 3.05) is 13.7 Å². The normalized spacial score (nSPS) is 11.0. The fraction of sp³-hybridized carbons (Fsp3) is 0.250. The average molecular weight is 221 g/mol. The quantitative estimate of drug-likeness (QED) is 0.619. The monoisotopic (exact) mass is 221 g/mol. The Kier molecular flexibility index (Phi) is 4.39. The maximum Gasteiger partial charge on any atom is 0.332 e. The summed E-state index contributed by atoms with van der Waals surface area (Å²) in [5, 5.41) is 0. The van der Waals surface area contributed by atoms with Crippen molar-refractivity contribution in [2.45, 2.75) is 6.92 Å². The third-order valence-corrected chi connectivity index (χ3v) is 1.96. The number of rotatable bonds is 4. The molecule has 0 saturated carbocycles. The van der Waals surface area contributed by atoms with E-state index in [1.54, 1.807) is 38.3 Å². The van der Waals surface area contributed by atoms with Crippen LogP contribution in [0.5, 0.6) is 5.75 Å². The van der Waals surface area contributed by atoms with Crippen LogP contribution in [0.25, 0.3) is 5.70 Å². The largest absolute Gasteiger partial charge is 0.497 e. The second-order valence-electron chi connectivity index (χ2n) is 3.08. The van der Waals surface area contributed by atoms with Gasteiger partial charge in [-0.2, -0.15) is 0 Å². The van der Waals surface area contributed by atoms with Gasteiger partial charge in [-0.15, -0.1) is 0 Å². The highest BCUT2D eigenvalue weighted by Crippen LogP contribution is 2.16. The van der Waals surface area contributed by atoms with Gasteiger partial charge in [0.2, 0.25) is 0 Å². The van der Waals surface area contributed by atoms with Crippen molar-refractivity contribution in [3.8, 4) is 5.75 Å². The van der Waals surface area contributed by atoms with E-state index >= 15 is 0 Å². The predicted molar refractivity (Wildman–Crippen MR) is 61.8 cm³/mol. The van der Waals surface area contributed by atoms with Crippen molar-refractivity contribution in [3.63, 3.8) is 0 Å². The zero-order valence-corrected chi connectivity index (χ0v) is 9.40. The minimum Gasteiger partial charge on any atom is -0.497 e. The molecule has 0 aromatic heterocycles. The first-order valence-corrected chi connectivity index (χ1v) is 4.95. The van der Waals surface area contributed by atoms with Gasteiger partial charge in [0, 0.05) is 17.3 Å². The molecule has 4 heteroatoms. The van der Waals surface area contributed by atoms with Gasteiger partial charge in [-0.25, -0.2) is 4.79 Å². The smallest absolute Gasteiger partial charge is 0.332 e. The molecule has 0 aliphatic rings. The summed E-state index contributed by atoms with van der Waals surface area (Å²) in [7, 11) is 1.57. The van der Waals surface area contributed by atoms with Gasteiger partial charge in [0.15, 0.2) is 0 Å². The molecule has 0 radical (unpaired) electrons. The Morgan fingerprint density at radius 2 is 2.25 bits per heavy atom. The predicted octanol–water partition coefficient (Wildman–Crippen LogP) is 1.56. The summed E-state index contributed by atoms with van der Waals surface area (Å²) in [4.78, 5) is 11.2. The molecule has 1 aromatic carbocycles. The molecule has 1 aromatic rings. The molecule has 0 saturated heterocycles. The van der Waals surface area contributed by atoms with E-state index in [4.69, 9.17) is 15.2 Å². The summed E-state index contributed by atoms with van der Waals surface area (Å²) >= 11 is 0. The fourth-order valence-electron chi connectivity index (χ4n) is 1.20. The summed E-state index contributed by atoms with van der Waals surface area (Å²) in [6.45, 7) is 2.08. The molecule has 0 spiro atoms. The number of carbonyl (C=O) groups is 1. The standard InChI is InChI=1S/C12H15NO3/c1-3-16-12(14)8-11(13)9-5-4-6-10(7-9)15-2/h4-8H,3,13H2,1-2H3. The molecule has 0 unspecified atom stereocenters.